The predicted molar refractivity (Wildman–Crippen MR) is 85.8 cm³/mol. The molecule has 2 aromatic carbocycles. The summed E-state index contributed by atoms with van der Waals surface area (Å²) in [6.07, 6.45) is 0. The molecule has 0 aliphatic heterocycles. The zero-order chi connectivity index (χ0) is 15.4. The van der Waals surface area contributed by atoms with Gasteiger partial charge < -0.3 is 18.9 Å². The molecule has 0 unspecified atom stereocenters. The highest BCUT2D eigenvalue weighted by Gasteiger charge is 2.22. The van der Waals surface area contributed by atoms with Crippen molar-refractivity contribution in [3.8, 4) is 34.1 Å². The minimum Gasteiger partial charge on any atom is -0.496 e. The topological polar surface area (TPSA) is 36.9 Å². The minimum atomic E-state index is 0.540. The van der Waals surface area contributed by atoms with E-state index in [1.54, 1.807) is 34.5 Å². The van der Waals surface area contributed by atoms with E-state index in [0.717, 1.165) is 15.6 Å². The number of benzene rings is 2. The van der Waals surface area contributed by atoms with Crippen LogP contribution in [0, 0.1) is 0 Å². The van der Waals surface area contributed by atoms with E-state index in [1.165, 1.54) is 0 Å². The molecule has 0 radical (unpaired) electrons. The van der Waals surface area contributed by atoms with Crippen LogP contribution in [0.4, 0.5) is 0 Å². The normalized spacial score (nSPS) is 10.1. The van der Waals surface area contributed by atoms with Gasteiger partial charge in [-0.3, -0.25) is 0 Å². The number of hydrogen-bond donors (Lipinski definition) is 0. The second-order valence-electron chi connectivity index (χ2n) is 4.23. The van der Waals surface area contributed by atoms with Gasteiger partial charge in [-0.2, -0.15) is 0 Å². The minimum absolute atomic E-state index is 0.540. The Kier molecular flexibility index (Phi) is 4.96. The quantitative estimate of drug-likeness (QED) is 0.809. The summed E-state index contributed by atoms with van der Waals surface area (Å²) in [6.45, 7) is 0. The summed E-state index contributed by atoms with van der Waals surface area (Å²) in [4.78, 5) is 0. The van der Waals surface area contributed by atoms with Gasteiger partial charge in [-0.1, -0.05) is 28.1 Å². The monoisotopic (exact) mass is 352 g/mol. The molecule has 5 heteroatoms. The van der Waals surface area contributed by atoms with Gasteiger partial charge in [-0.05, 0) is 17.7 Å². The van der Waals surface area contributed by atoms with E-state index in [-0.39, 0.29) is 0 Å². The summed E-state index contributed by atoms with van der Waals surface area (Å²) >= 11 is 3.43. The van der Waals surface area contributed by atoms with Crippen LogP contribution in [0.1, 0.15) is 0 Å². The number of rotatable bonds is 5. The Hall–Kier alpha value is -1.88. The first kappa shape index (κ1) is 15.5. The summed E-state index contributed by atoms with van der Waals surface area (Å²) in [6, 6.07) is 9.68. The Morgan fingerprint density at radius 1 is 0.714 bits per heavy atom. The first-order valence-corrected chi connectivity index (χ1v) is 7.08. The summed E-state index contributed by atoms with van der Waals surface area (Å²) in [5, 5.41) is 0. The van der Waals surface area contributed by atoms with Crippen LogP contribution >= 0.6 is 15.9 Å². The molecule has 0 saturated heterocycles. The maximum Gasteiger partial charge on any atom is 0.204 e. The molecule has 0 heterocycles. The molecule has 0 aliphatic rings. The van der Waals surface area contributed by atoms with Crippen LogP contribution in [0.5, 0.6) is 23.0 Å². The van der Waals surface area contributed by atoms with Crippen LogP contribution in [-0.4, -0.2) is 28.4 Å². The fourth-order valence-corrected chi connectivity index (χ4v) is 2.45. The second kappa shape index (κ2) is 6.72. The molecule has 0 spiro atoms. The van der Waals surface area contributed by atoms with Gasteiger partial charge >= 0.3 is 0 Å². The van der Waals surface area contributed by atoms with Gasteiger partial charge in [0, 0.05) is 10.5 Å². The van der Waals surface area contributed by atoms with Gasteiger partial charge in [0.05, 0.1) is 34.0 Å². The Labute approximate surface area is 132 Å². The summed E-state index contributed by atoms with van der Waals surface area (Å²) in [5.41, 5.74) is 1.79. The molecular weight excluding hydrogens is 336 g/mol. The molecule has 0 aliphatic carbocycles. The predicted octanol–water partition coefficient (Wildman–Crippen LogP) is 4.15. The highest BCUT2D eigenvalue weighted by atomic mass is 79.9. The maximum atomic E-state index is 5.54. The van der Waals surface area contributed by atoms with Gasteiger partial charge in [-0.25, -0.2) is 0 Å². The molecule has 0 amide bonds. The molecule has 0 aromatic heterocycles. The molecule has 0 atom stereocenters. The van der Waals surface area contributed by atoms with Crippen LogP contribution in [0.2, 0.25) is 0 Å². The highest BCUT2D eigenvalue weighted by Crippen LogP contribution is 2.49. The first-order valence-electron chi connectivity index (χ1n) is 6.29. The van der Waals surface area contributed by atoms with Crippen molar-refractivity contribution in [1.29, 1.82) is 0 Å². The van der Waals surface area contributed by atoms with Crippen molar-refractivity contribution < 1.29 is 18.9 Å². The lowest BCUT2D eigenvalue weighted by atomic mass is 10.0. The van der Waals surface area contributed by atoms with Crippen LogP contribution in [0.3, 0.4) is 0 Å². The lowest BCUT2D eigenvalue weighted by Gasteiger charge is -2.19. The highest BCUT2D eigenvalue weighted by molar-refractivity contribution is 9.10. The molecule has 4 nitrogen and oxygen atoms in total. The number of halogens is 1. The van der Waals surface area contributed by atoms with Crippen molar-refractivity contribution >= 4 is 15.9 Å². The summed E-state index contributed by atoms with van der Waals surface area (Å²) in [7, 11) is 6.37. The van der Waals surface area contributed by atoms with Crippen LogP contribution in [-0.2, 0) is 0 Å². The van der Waals surface area contributed by atoms with E-state index in [2.05, 4.69) is 15.9 Å². The summed E-state index contributed by atoms with van der Waals surface area (Å²) in [5.74, 6) is 2.34. The van der Waals surface area contributed by atoms with E-state index < -0.39 is 0 Å². The van der Waals surface area contributed by atoms with Crippen molar-refractivity contribution in [3.63, 3.8) is 0 Å². The van der Waals surface area contributed by atoms with Gasteiger partial charge in [0.1, 0.15) is 5.75 Å². The third-order valence-electron chi connectivity index (χ3n) is 3.15. The van der Waals surface area contributed by atoms with Crippen molar-refractivity contribution in [2.75, 3.05) is 28.4 Å². The maximum absolute atomic E-state index is 5.54. The van der Waals surface area contributed by atoms with E-state index >= 15 is 0 Å². The van der Waals surface area contributed by atoms with E-state index in [1.807, 2.05) is 24.3 Å². The van der Waals surface area contributed by atoms with Crippen molar-refractivity contribution in [3.05, 3.63) is 34.8 Å². The fourth-order valence-electron chi connectivity index (χ4n) is 2.18. The van der Waals surface area contributed by atoms with Gasteiger partial charge in [0.25, 0.3) is 0 Å². The molecule has 0 N–H and O–H groups in total. The van der Waals surface area contributed by atoms with Gasteiger partial charge in [0.2, 0.25) is 5.75 Å². The Morgan fingerprint density at radius 2 is 1.29 bits per heavy atom. The van der Waals surface area contributed by atoms with Gasteiger partial charge in [0.15, 0.2) is 11.5 Å². The number of methoxy groups -OCH3 is 4. The Balaban J connectivity index is 2.75. The molecule has 2 rings (SSSR count). The van der Waals surface area contributed by atoms with Crippen molar-refractivity contribution in [2.24, 2.45) is 0 Å². The van der Waals surface area contributed by atoms with E-state index in [9.17, 15) is 0 Å². The molecule has 0 fully saturated rings. The summed E-state index contributed by atoms with van der Waals surface area (Å²) < 4.78 is 22.8. The third kappa shape index (κ3) is 2.93. The molecular formula is C16H17BrO4. The van der Waals surface area contributed by atoms with E-state index in [4.69, 9.17) is 18.9 Å². The molecule has 2 aromatic rings. The zero-order valence-corrected chi connectivity index (χ0v) is 14.0. The van der Waals surface area contributed by atoms with Gasteiger partial charge in [-0.15, -0.1) is 0 Å². The van der Waals surface area contributed by atoms with Crippen LogP contribution in [0.25, 0.3) is 11.1 Å². The second-order valence-corrected chi connectivity index (χ2v) is 5.15. The lowest BCUT2D eigenvalue weighted by Crippen LogP contribution is -1.99. The molecule has 0 bridgehead atoms. The zero-order valence-electron chi connectivity index (χ0n) is 12.4. The van der Waals surface area contributed by atoms with Crippen molar-refractivity contribution in [1.82, 2.24) is 0 Å². The van der Waals surface area contributed by atoms with Crippen molar-refractivity contribution in [2.45, 2.75) is 0 Å². The average Bonchev–Trinajstić information content (AvgIpc) is 2.53. The molecule has 112 valence electrons. The Bertz CT molecular complexity index is 623. The van der Waals surface area contributed by atoms with E-state index in [0.29, 0.717) is 23.0 Å². The molecule has 21 heavy (non-hydrogen) atoms. The standard InChI is InChI=1S/C16H17BrO4/c1-18-12-9-13(19-2)15(20-3)16(21-4)14(12)10-5-7-11(17)8-6-10/h5-9H,1-4H3. The number of hydrogen-bond acceptors (Lipinski definition) is 4. The Morgan fingerprint density at radius 3 is 1.76 bits per heavy atom. The fraction of sp³-hybridized carbons (Fsp3) is 0.250. The lowest BCUT2D eigenvalue weighted by molar-refractivity contribution is 0.320. The third-order valence-corrected chi connectivity index (χ3v) is 3.68. The average molecular weight is 353 g/mol. The van der Waals surface area contributed by atoms with Crippen LogP contribution < -0.4 is 18.9 Å². The smallest absolute Gasteiger partial charge is 0.204 e. The number of ether oxygens (including phenoxy) is 4. The SMILES string of the molecule is COc1cc(OC)c(-c2ccc(Br)cc2)c(OC)c1OC. The van der Waals surface area contributed by atoms with Crippen LogP contribution in [0.15, 0.2) is 34.8 Å². The largest absolute Gasteiger partial charge is 0.496 e. The first-order chi connectivity index (χ1) is 10.2. The molecule has 0 saturated carbocycles.